The van der Waals surface area contributed by atoms with Gasteiger partial charge in [-0.15, -0.1) is 0 Å². The summed E-state index contributed by atoms with van der Waals surface area (Å²) in [5.41, 5.74) is 7.43. The fourth-order valence-electron chi connectivity index (χ4n) is 2.07. The van der Waals surface area contributed by atoms with Gasteiger partial charge >= 0.3 is 0 Å². The van der Waals surface area contributed by atoms with Crippen LogP contribution in [0.15, 0.2) is 11.6 Å². The fourth-order valence-corrected chi connectivity index (χ4v) is 2.07. The van der Waals surface area contributed by atoms with E-state index in [1.54, 1.807) is 5.57 Å². The number of hydrogen-bond donors (Lipinski definition) is 1. The summed E-state index contributed by atoms with van der Waals surface area (Å²) in [7, 11) is 0. The molecule has 2 unspecified atom stereocenters. The van der Waals surface area contributed by atoms with Crippen LogP contribution in [0.2, 0.25) is 0 Å². The summed E-state index contributed by atoms with van der Waals surface area (Å²) in [6.07, 6.45) is 7.01. The first kappa shape index (κ1) is 8.27. The van der Waals surface area contributed by atoms with Crippen molar-refractivity contribution in [2.75, 3.05) is 13.2 Å². The van der Waals surface area contributed by atoms with Gasteiger partial charge in [0.15, 0.2) is 0 Å². The molecule has 1 saturated heterocycles. The third kappa shape index (κ3) is 1.70. The molecule has 0 spiro atoms. The van der Waals surface area contributed by atoms with E-state index < -0.39 is 0 Å². The van der Waals surface area contributed by atoms with E-state index in [2.05, 4.69) is 6.08 Å². The minimum atomic E-state index is 0.413. The third-order valence-electron chi connectivity index (χ3n) is 2.94. The number of hydrogen-bond acceptors (Lipinski definition) is 2. The Bertz CT molecular complexity index is 182. The highest BCUT2D eigenvalue weighted by Gasteiger charge is 2.22. The van der Waals surface area contributed by atoms with Gasteiger partial charge in [-0.1, -0.05) is 11.6 Å². The first-order valence-corrected chi connectivity index (χ1v) is 4.88. The van der Waals surface area contributed by atoms with E-state index in [1.807, 2.05) is 0 Å². The summed E-state index contributed by atoms with van der Waals surface area (Å²) < 4.78 is 5.37. The summed E-state index contributed by atoms with van der Waals surface area (Å²) in [5, 5.41) is 0. The average Bonchev–Trinajstić information content (AvgIpc) is 2.58. The average molecular weight is 167 g/mol. The zero-order chi connectivity index (χ0) is 8.39. The van der Waals surface area contributed by atoms with Gasteiger partial charge in [0, 0.05) is 18.6 Å². The normalized spacial score (nSPS) is 36.6. The molecule has 1 fully saturated rings. The van der Waals surface area contributed by atoms with Gasteiger partial charge in [-0.05, 0) is 25.7 Å². The van der Waals surface area contributed by atoms with Crippen molar-refractivity contribution in [1.82, 2.24) is 0 Å². The van der Waals surface area contributed by atoms with Crippen LogP contribution in [-0.2, 0) is 4.74 Å². The van der Waals surface area contributed by atoms with Crippen molar-refractivity contribution >= 4 is 0 Å². The summed E-state index contributed by atoms with van der Waals surface area (Å²) in [6.45, 7) is 1.90. The first-order valence-electron chi connectivity index (χ1n) is 4.88. The topological polar surface area (TPSA) is 35.2 Å². The first-order chi connectivity index (χ1) is 5.86. The van der Waals surface area contributed by atoms with Crippen LogP contribution in [-0.4, -0.2) is 19.3 Å². The van der Waals surface area contributed by atoms with Gasteiger partial charge in [-0.2, -0.15) is 0 Å². The van der Waals surface area contributed by atoms with Gasteiger partial charge < -0.3 is 10.5 Å². The molecule has 0 radical (unpaired) electrons. The lowest BCUT2D eigenvalue weighted by atomic mass is 9.87. The van der Waals surface area contributed by atoms with Crippen molar-refractivity contribution in [3.05, 3.63) is 11.6 Å². The Morgan fingerprint density at radius 1 is 1.42 bits per heavy atom. The summed E-state index contributed by atoms with van der Waals surface area (Å²) >= 11 is 0. The third-order valence-corrected chi connectivity index (χ3v) is 2.94. The smallest absolute Gasteiger partial charge is 0.0532 e. The maximum absolute atomic E-state index is 5.82. The Balaban J connectivity index is 1.94. The van der Waals surface area contributed by atoms with Crippen molar-refractivity contribution in [2.45, 2.75) is 31.7 Å². The minimum absolute atomic E-state index is 0.413. The van der Waals surface area contributed by atoms with Crippen molar-refractivity contribution in [3.63, 3.8) is 0 Å². The Morgan fingerprint density at radius 2 is 2.33 bits per heavy atom. The Hall–Kier alpha value is -0.340. The van der Waals surface area contributed by atoms with Crippen LogP contribution in [0.25, 0.3) is 0 Å². The van der Waals surface area contributed by atoms with Crippen LogP contribution in [0.3, 0.4) is 0 Å². The van der Waals surface area contributed by atoms with E-state index >= 15 is 0 Å². The molecule has 0 bridgehead atoms. The maximum atomic E-state index is 5.82. The second-order valence-corrected chi connectivity index (χ2v) is 3.87. The molecule has 1 heterocycles. The number of rotatable bonds is 1. The monoisotopic (exact) mass is 167 g/mol. The lowest BCUT2D eigenvalue weighted by Crippen LogP contribution is -2.23. The van der Waals surface area contributed by atoms with Crippen molar-refractivity contribution in [3.8, 4) is 0 Å². The summed E-state index contributed by atoms with van der Waals surface area (Å²) in [6, 6.07) is 0.413. The highest BCUT2D eigenvalue weighted by molar-refractivity contribution is 5.12. The van der Waals surface area contributed by atoms with E-state index in [0.717, 1.165) is 25.6 Å². The van der Waals surface area contributed by atoms with E-state index in [4.69, 9.17) is 10.5 Å². The molecule has 2 atom stereocenters. The predicted molar refractivity (Wildman–Crippen MR) is 48.8 cm³/mol. The zero-order valence-corrected chi connectivity index (χ0v) is 7.46. The second-order valence-electron chi connectivity index (χ2n) is 3.87. The molecule has 0 aromatic rings. The van der Waals surface area contributed by atoms with Gasteiger partial charge in [0.25, 0.3) is 0 Å². The molecule has 0 amide bonds. The van der Waals surface area contributed by atoms with Crippen molar-refractivity contribution < 1.29 is 4.74 Å². The van der Waals surface area contributed by atoms with Gasteiger partial charge in [0.05, 0.1) is 6.61 Å². The molecule has 2 heteroatoms. The molecule has 12 heavy (non-hydrogen) atoms. The summed E-state index contributed by atoms with van der Waals surface area (Å²) in [5.74, 6) is 0.720. The van der Waals surface area contributed by atoms with Crippen LogP contribution >= 0.6 is 0 Å². The highest BCUT2D eigenvalue weighted by atomic mass is 16.5. The van der Waals surface area contributed by atoms with Crippen molar-refractivity contribution in [1.29, 1.82) is 0 Å². The lowest BCUT2D eigenvalue weighted by molar-refractivity contribution is 0.189. The van der Waals surface area contributed by atoms with Gasteiger partial charge in [-0.3, -0.25) is 0 Å². The van der Waals surface area contributed by atoms with Gasteiger partial charge in [-0.25, -0.2) is 0 Å². The molecule has 2 N–H and O–H groups in total. The van der Waals surface area contributed by atoms with Gasteiger partial charge in [0.2, 0.25) is 0 Å². The summed E-state index contributed by atoms with van der Waals surface area (Å²) in [4.78, 5) is 0. The maximum Gasteiger partial charge on any atom is 0.0532 e. The van der Waals surface area contributed by atoms with Crippen LogP contribution in [0, 0.1) is 5.92 Å². The van der Waals surface area contributed by atoms with Gasteiger partial charge in [0.1, 0.15) is 0 Å². The molecule has 1 aliphatic heterocycles. The molecule has 2 aliphatic rings. The van der Waals surface area contributed by atoms with Crippen molar-refractivity contribution in [2.24, 2.45) is 11.7 Å². The molecule has 0 saturated carbocycles. The Labute approximate surface area is 73.8 Å². The SMILES string of the molecule is NC1CC=C(C2CCOC2)CC1. The largest absolute Gasteiger partial charge is 0.381 e. The molecule has 2 nitrogen and oxygen atoms in total. The predicted octanol–water partition coefficient (Wildman–Crippen LogP) is 1.46. The molecular weight excluding hydrogens is 150 g/mol. The number of nitrogens with two attached hydrogens (primary N) is 1. The van der Waals surface area contributed by atoms with Crippen LogP contribution in [0.4, 0.5) is 0 Å². The molecular formula is C10H17NO. The molecule has 68 valence electrons. The van der Waals surface area contributed by atoms with E-state index in [0.29, 0.717) is 6.04 Å². The van der Waals surface area contributed by atoms with Crippen LogP contribution in [0.5, 0.6) is 0 Å². The molecule has 0 aromatic carbocycles. The van der Waals surface area contributed by atoms with E-state index in [9.17, 15) is 0 Å². The minimum Gasteiger partial charge on any atom is -0.381 e. The standard InChI is InChI=1S/C10H17NO/c11-10-3-1-8(2-4-10)9-5-6-12-7-9/h1,9-10H,2-7,11H2. The van der Waals surface area contributed by atoms with E-state index in [-0.39, 0.29) is 0 Å². The Kier molecular flexibility index (Phi) is 2.47. The molecule has 0 aromatic heterocycles. The quantitative estimate of drug-likeness (QED) is 0.600. The fraction of sp³-hybridized carbons (Fsp3) is 0.800. The number of ether oxygens (including phenoxy) is 1. The van der Waals surface area contributed by atoms with Crippen LogP contribution < -0.4 is 5.73 Å². The Morgan fingerprint density at radius 3 is 2.92 bits per heavy atom. The van der Waals surface area contributed by atoms with Crippen LogP contribution in [0.1, 0.15) is 25.7 Å². The zero-order valence-electron chi connectivity index (χ0n) is 7.46. The molecule has 2 rings (SSSR count). The highest BCUT2D eigenvalue weighted by Crippen LogP contribution is 2.29. The lowest BCUT2D eigenvalue weighted by Gasteiger charge is -2.21. The second kappa shape index (κ2) is 3.58. The van der Waals surface area contributed by atoms with E-state index in [1.165, 1.54) is 19.3 Å². The molecule has 1 aliphatic carbocycles.